The van der Waals surface area contributed by atoms with E-state index >= 15 is 0 Å². The van der Waals surface area contributed by atoms with Gasteiger partial charge in [-0.05, 0) is 18.6 Å². The van der Waals surface area contributed by atoms with Crippen molar-refractivity contribution in [1.29, 1.82) is 0 Å². The van der Waals surface area contributed by atoms with Crippen LogP contribution in [-0.2, 0) is 14.3 Å². The van der Waals surface area contributed by atoms with Crippen LogP contribution < -0.4 is 0 Å². The molecule has 0 aromatic heterocycles. The summed E-state index contributed by atoms with van der Waals surface area (Å²) in [5, 5.41) is 20.9. The van der Waals surface area contributed by atoms with E-state index in [1.165, 1.54) is 76.9 Å². The number of hydrogen-bond acceptors (Lipinski definition) is 5. The molecule has 0 radical (unpaired) electrons. The maximum atomic E-state index is 12.0. The van der Waals surface area contributed by atoms with Crippen molar-refractivity contribution in [3.8, 4) is 0 Å². The van der Waals surface area contributed by atoms with Crippen LogP contribution in [0.1, 0.15) is 97.3 Å². The van der Waals surface area contributed by atoms with Gasteiger partial charge in [-0.25, -0.2) is 0 Å². The van der Waals surface area contributed by atoms with Crippen LogP contribution in [0.5, 0.6) is 0 Å². The zero-order valence-corrected chi connectivity index (χ0v) is 17.1. The van der Waals surface area contributed by atoms with Crippen molar-refractivity contribution < 1.29 is 24.5 Å². The van der Waals surface area contributed by atoms with Gasteiger partial charge in [-0.2, -0.15) is 0 Å². The van der Waals surface area contributed by atoms with Gasteiger partial charge < -0.3 is 14.9 Å². The summed E-state index contributed by atoms with van der Waals surface area (Å²) in [5.41, 5.74) is -2.04. The Labute approximate surface area is 164 Å². The molecule has 156 valence electrons. The second kappa shape index (κ2) is 13.1. The Morgan fingerprint density at radius 3 is 2.00 bits per heavy atom. The van der Waals surface area contributed by atoms with Crippen molar-refractivity contribution >= 4 is 11.8 Å². The molecule has 1 aliphatic carbocycles. The Morgan fingerprint density at radius 2 is 1.52 bits per heavy atom. The number of ether oxygens (including phenoxy) is 1. The Kier molecular flexibility index (Phi) is 11.5. The van der Waals surface area contributed by atoms with Gasteiger partial charge >= 0.3 is 5.97 Å². The lowest BCUT2D eigenvalue weighted by Crippen LogP contribution is -2.55. The number of carbonyl (C=O) groups is 2. The van der Waals surface area contributed by atoms with Crippen molar-refractivity contribution in [3.63, 3.8) is 0 Å². The number of unbranched alkanes of at least 4 members (excludes halogenated alkanes) is 11. The van der Waals surface area contributed by atoms with Crippen LogP contribution in [-0.4, -0.2) is 39.8 Å². The highest BCUT2D eigenvalue weighted by Gasteiger charge is 2.52. The third-order valence-electron chi connectivity index (χ3n) is 5.38. The second-order valence-corrected chi connectivity index (χ2v) is 7.77. The molecule has 0 spiro atoms. The fourth-order valence-corrected chi connectivity index (χ4v) is 3.66. The molecular weight excluding hydrogens is 344 g/mol. The molecule has 5 heteroatoms. The molecule has 3 unspecified atom stereocenters. The predicted molar refractivity (Wildman–Crippen MR) is 106 cm³/mol. The molecule has 3 atom stereocenters. The highest BCUT2D eigenvalue weighted by molar-refractivity contribution is 6.01. The maximum absolute atomic E-state index is 12.0. The fourth-order valence-electron chi connectivity index (χ4n) is 3.66. The summed E-state index contributed by atoms with van der Waals surface area (Å²) in [4.78, 5) is 23.1. The Hall–Kier alpha value is -1.20. The number of ketones is 1. The van der Waals surface area contributed by atoms with E-state index in [0.29, 0.717) is 6.42 Å². The summed E-state index contributed by atoms with van der Waals surface area (Å²) >= 11 is 0. The van der Waals surface area contributed by atoms with Gasteiger partial charge in [-0.15, -0.1) is 0 Å². The van der Waals surface area contributed by atoms with Crippen molar-refractivity contribution in [2.24, 2.45) is 0 Å². The van der Waals surface area contributed by atoms with E-state index in [4.69, 9.17) is 4.74 Å². The topological polar surface area (TPSA) is 83.8 Å². The molecule has 2 N–H and O–H groups in total. The van der Waals surface area contributed by atoms with Crippen LogP contribution in [0.3, 0.4) is 0 Å². The molecule has 0 heterocycles. The van der Waals surface area contributed by atoms with Gasteiger partial charge in [0.1, 0.15) is 0 Å². The third kappa shape index (κ3) is 8.14. The molecule has 0 fully saturated rings. The van der Waals surface area contributed by atoms with Crippen LogP contribution in [0.4, 0.5) is 0 Å². The SMILES string of the molecule is CCCCCCCCCCCCCCC(O)C1(O)C(=O)C=CC1OC(C)=O. The van der Waals surface area contributed by atoms with Crippen molar-refractivity contribution in [2.45, 2.75) is 115 Å². The highest BCUT2D eigenvalue weighted by atomic mass is 16.6. The van der Waals surface area contributed by atoms with Gasteiger partial charge in [-0.3, -0.25) is 9.59 Å². The quantitative estimate of drug-likeness (QED) is 0.327. The fraction of sp³-hybridized carbons (Fsp3) is 0.818. The molecule has 0 aromatic carbocycles. The summed E-state index contributed by atoms with van der Waals surface area (Å²) in [6, 6.07) is 0. The molecule has 1 rings (SSSR count). The molecule has 0 saturated carbocycles. The Bertz CT molecular complexity index is 473. The molecular formula is C22H38O5. The van der Waals surface area contributed by atoms with E-state index < -0.39 is 29.6 Å². The first-order chi connectivity index (χ1) is 12.9. The van der Waals surface area contributed by atoms with E-state index in [2.05, 4.69) is 6.92 Å². The molecule has 0 saturated heterocycles. The van der Waals surface area contributed by atoms with Gasteiger partial charge in [0.25, 0.3) is 0 Å². The number of aliphatic hydroxyl groups is 2. The van der Waals surface area contributed by atoms with Crippen LogP contribution in [0.25, 0.3) is 0 Å². The molecule has 0 aliphatic heterocycles. The summed E-state index contributed by atoms with van der Waals surface area (Å²) < 4.78 is 4.97. The van der Waals surface area contributed by atoms with E-state index in [1.54, 1.807) is 0 Å². The van der Waals surface area contributed by atoms with E-state index in [0.717, 1.165) is 19.3 Å². The lowest BCUT2D eigenvalue weighted by Gasteiger charge is -2.32. The summed E-state index contributed by atoms with van der Waals surface area (Å²) in [5.74, 6) is -1.18. The van der Waals surface area contributed by atoms with Crippen LogP contribution in [0.2, 0.25) is 0 Å². The van der Waals surface area contributed by atoms with Crippen LogP contribution >= 0.6 is 0 Å². The minimum atomic E-state index is -2.04. The molecule has 5 nitrogen and oxygen atoms in total. The molecule has 1 aliphatic rings. The van der Waals surface area contributed by atoms with Gasteiger partial charge in [0.2, 0.25) is 0 Å². The summed E-state index contributed by atoms with van der Waals surface area (Å²) in [7, 11) is 0. The highest BCUT2D eigenvalue weighted by Crippen LogP contribution is 2.30. The number of hydrogen-bond donors (Lipinski definition) is 2. The predicted octanol–water partition coefficient (Wildman–Crippen LogP) is 4.24. The minimum absolute atomic E-state index is 0.319. The van der Waals surface area contributed by atoms with E-state index in [1.807, 2.05) is 0 Å². The van der Waals surface area contributed by atoms with Gasteiger partial charge in [0, 0.05) is 6.92 Å². The first-order valence-electron chi connectivity index (χ1n) is 10.7. The summed E-state index contributed by atoms with van der Waals surface area (Å²) in [6.07, 6.45) is 15.1. The maximum Gasteiger partial charge on any atom is 0.303 e. The smallest absolute Gasteiger partial charge is 0.303 e. The zero-order valence-electron chi connectivity index (χ0n) is 17.1. The normalized spacial score (nSPS) is 23.0. The lowest BCUT2D eigenvalue weighted by molar-refractivity contribution is -0.174. The van der Waals surface area contributed by atoms with Gasteiger partial charge in [-0.1, -0.05) is 84.0 Å². The van der Waals surface area contributed by atoms with Crippen LogP contribution in [0, 0.1) is 0 Å². The largest absolute Gasteiger partial charge is 0.455 e. The van der Waals surface area contributed by atoms with Crippen LogP contribution in [0.15, 0.2) is 12.2 Å². The zero-order chi connectivity index (χ0) is 20.1. The minimum Gasteiger partial charge on any atom is -0.455 e. The van der Waals surface area contributed by atoms with Crippen molar-refractivity contribution in [2.75, 3.05) is 0 Å². The second-order valence-electron chi connectivity index (χ2n) is 7.77. The first kappa shape index (κ1) is 23.8. The lowest BCUT2D eigenvalue weighted by atomic mass is 9.87. The Balaban J connectivity index is 2.12. The summed E-state index contributed by atoms with van der Waals surface area (Å²) in [6.45, 7) is 3.45. The first-order valence-corrected chi connectivity index (χ1v) is 10.7. The van der Waals surface area contributed by atoms with Crippen molar-refractivity contribution in [3.05, 3.63) is 12.2 Å². The van der Waals surface area contributed by atoms with E-state index in [9.17, 15) is 19.8 Å². The number of rotatable bonds is 15. The molecule has 0 bridgehead atoms. The van der Waals surface area contributed by atoms with Gasteiger partial charge in [0.15, 0.2) is 17.5 Å². The van der Waals surface area contributed by atoms with E-state index in [-0.39, 0.29) is 0 Å². The average Bonchev–Trinajstić information content (AvgIpc) is 2.91. The molecule has 0 amide bonds. The van der Waals surface area contributed by atoms with Gasteiger partial charge in [0.05, 0.1) is 6.10 Å². The third-order valence-corrected chi connectivity index (χ3v) is 5.38. The number of aliphatic hydroxyl groups excluding tert-OH is 1. The average molecular weight is 383 g/mol. The number of carbonyl (C=O) groups excluding carboxylic acids is 2. The molecule has 27 heavy (non-hydrogen) atoms. The Morgan fingerprint density at radius 1 is 1.04 bits per heavy atom. The standard InChI is InChI=1S/C22H38O5/c1-3-4-5-6-7-8-9-10-11-12-13-14-15-19(24)22(26)20(25)16-17-21(22)27-18(2)23/h16-17,19,21,24,26H,3-15H2,1-2H3. The monoisotopic (exact) mass is 382 g/mol. The van der Waals surface area contributed by atoms with Crippen molar-refractivity contribution in [1.82, 2.24) is 0 Å². The number of esters is 1. The molecule has 0 aromatic rings.